The van der Waals surface area contributed by atoms with Gasteiger partial charge in [-0.25, -0.2) is 0 Å². The summed E-state index contributed by atoms with van der Waals surface area (Å²) in [5.74, 6) is 0.953. The second-order valence-corrected chi connectivity index (χ2v) is 7.48. The number of ether oxygens (including phenoxy) is 1. The fraction of sp³-hybridized carbons (Fsp3) is 0.650. The number of β-amino-alcohol motifs (C(OH)–C–C–N with tert-alkyl or cyclic N) is 1. The third-order valence-electron chi connectivity index (χ3n) is 5.72. The second kappa shape index (κ2) is 7.75. The lowest BCUT2D eigenvalue weighted by molar-refractivity contribution is -0.133. The molecule has 0 unspecified atom stereocenters. The van der Waals surface area contributed by atoms with Gasteiger partial charge < -0.3 is 14.7 Å². The maximum Gasteiger partial charge on any atom is 0.219 e. The molecule has 0 spiro atoms. The molecule has 1 atom stereocenters. The molecule has 2 fully saturated rings. The van der Waals surface area contributed by atoms with Crippen LogP contribution >= 0.6 is 0 Å². The number of rotatable bonds is 4. The third-order valence-corrected chi connectivity index (χ3v) is 5.72. The number of hydrogen-bond acceptors (Lipinski definition) is 4. The predicted molar refractivity (Wildman–Crippen MR) is 97.6 cm³/mol. The van der Waals surface area contributed by atoms with Crippen LogP contribution in [0.25, 0.3) is 0 Å². The Hall–Kier alpha value is -1.59. The van der Waals surface area contributed by atoms with E-state index in [4.69, 9.17) is 4.74 Å². The molecule has 1 saturated carbocycles. The van der Waals surface area contributed by atoms with Gasteiger partial charge in [0.2, 0.25) is 5.91 Å². The van der Waals surface area contributed by atoms with Crippen molar-refractivity contribution in [3.05, 3.63) is 29.8 Å². The van der Waals surface area contributed by atoms with Gasteiger partial charge >= 0.3 is 0 Å². The smallest absolute Gasteiger partial charge is 0.219 e. The summed E-state index contributed by atoms with van der Waals surface area (Å²) in [6.07, 6.45) is 5.17. The molecule has 1 aromatic rings. The van der Waals surface area contributed by atoms with Gasteiger partial charge in [0.1, 0.15) is 5.75 Å². The molecule has 0 aromatic heterocycles. The van der Waals surface area contributed by atoms with Gasteiger partial charge in [-0.3, -0.25) is 9.69 Å². The van der Waals surface area contributed by atoms with Gasteiger partial charge in [0, 0.05) is 38.7 Å². The summed E-state index contributed by atoms with van der Waals surface area (Å²) < 4.78 is 5.57. The molecule has 1 amide bonds. The van der Waals surface area contributed by atoms with E-state index in [1.807, 2.05) is 23.1 Å². The Bertz CT molecular complexity index is 598. The first-order valence-corrected chi connectivity index (χ1v) is 9.37. The Morgan fingerprint density at radius 2 is 1.96 bits per heavy atom. The van der Waals surface area contributed by atoms with Crippen LogP contribution in [0.3, 0.4) is 0 Å². The topological polar surface area (TPSA) is 53.0 Å². The maximum atomic E-state index is 11.9. The highest BCUT2D eigenvalue weighted by Gasteiger charge is 2.37. The Kier molecular flexibility index (Phi) is 5.64. The van der Waals surface area contributed by atoms with Crippen molar-refractivity contribution in [3.8, 4) is 5.75 Å². The summed E-state index contributed by atoms with van der Waals surface area (Å²) >= 11 is 0. The minimum atomic E-state index is -0.600. The van der Waals surface area contributed by atoms with Gasteiger partial charge in [0.15, 0.2) is 0 Å². The van der Waals surface area contributed by atoms with E-state index in [9.17, 15) is 9.90 Å². The molecule has 5 nitrogen and oxygen atoms in total. The molecular weight excluding hydrogens is 316 g/mol. The Balaban J connectivity index is 1.85. The number of aliphatic hydroxyl groups is 1. The molecule has 25 heavy (non-hydrogen) atoms. The number of carbonyl (C=O) groups excluding carboxylic acids is 1. The van der Waals surface area contributed by atoms with Gasteiger partial charge in [-0.05, 0) is 18.9 Å². The zero-order valence-corrected chi connectivity index (χ0v) is 15.4. The molecule has 1 aliphatic carbocycles. The van der Waals surface area contributed by atoms with E-state index in [1.165, 1.54) is 6.42 Å². The lowest BCUT2D eigenvalue weighted by Crippen LogP contribution is -2.54. The van der Waals surface area contributed by atoms with Crippen molar-refractivity contribution in [1.82, 2.24) is 9.80 Å². The highest BCUT2D eigenvalue weighted by Crippen LogP contribution is 2.36. The highest BCUT2D eigenvalue weighted by molar-refractivity contribution is 5.73. The van der Waals surface area contributed by atoms with Crippen LogP contribution in [0.2, 0.25) is 0 Å². The lowest BCUT2D eigenvalue weighted by atomic mass is 9.83. The number of para-hydroxylation sites is 1. The molecular formula is C20H30N2O3. The highest BCUT2D eigenvalue weighted by atomic mass is 16.5. The first-order chi connectivity index (χ1) is 12.0. The summed E-state index contributed by atoms with van der Waals surface area (Å²) in [5.41, 5.74) is 0.493. The van der Waals surface area contributed by atoms with Crippen molar-refractivity contribution in [3.63, 3.8) is 0 Å². The second-order valence-electron chi connectivity index (χ2n) is 7.48. The van der Waals surface area contributed by atoms with Crippen LogP contribution in [0.5, 0.6) is 5.75 Å². The van der Waals surface area contributed by atoms with Crippen molar-refractivity contribution < 1.29 is 14.6 Å². The number of amides is 1. The minimum Gasteiger partial charge on any atom is -0.496 e. The van der Waals surface area contributed by atoms with E-state index in [0.717, 1.165) is 50.1 Å². The van der Waals surface area contributed by atoms with Crippen LogP contribution < -0.4 is 4.74 Å². The first kappa shape index (κ1) is 18.2. The van der Waals surface area contributed by atoms with Crippen molar-refractivity contribution in [1.29, 1.82) is 0 Å². The number of piperazine rings is 1. The Morgan fingerprint density at radius 3 is 2.64 bits per heavy atom. The zero-order chi connectivity index (χ0) is 17.9. The Morgan fingerprint density at radius 1 is 1.24 bits per heavy atom. The van der Waals surface area contributed by atoms with Gasteiger partial charge in [-0.1, -0.05) is 37.5 Å². The minimum absolute atomic E-state index is 0.0553. The summed E-state index contributed by atoms with van der Waals surface area (Å²) in [4.78, 5) is 16.2. The summed E-state index contributed by atoms with van der Waals surface area (Å²) in [6, 6.07) is 8.07. The van der Waals surface area contributed by atoms with Crippen LogP contribution in [0, 0.1) is 0 Å². The molecule has 138 valence electrons. The molecule has 1 N–H and O–H groups in total. The van der Waals surface area contributed by atoms with E-state index in [2.05, 4.69) is 11.0 Å². The van der Waals surface area contributed by atoms with Gasteiger partial charge in [0.25, 0.3) is 0 Å². The van der Waals surface area contributed by atoms with Crippen LogP contribution in [0.1, 0.15) is 50.6 Å². The average molecular weight is 346 g/mol. The Labute approximate surface area is 150 Å². The largest absolute Gasteiger partial charge is 0.496 e. The van der Waals surface area contributed by atoms with E-state index < -0.39 is 5.60 Å². The molecule has 1 saturated heterocycles. The van der Waals surface area contributed by atoms with E-state index in [1.54, 1.807) is 14.0 Å². The maximum absolute atomic E-state index is 11.9. The fourth-order valence-electron chi connectivity index (χ4n) is 4.28. The standard InChI is InChI=1S/C20H30N2O3/c1-16(23)21-12-13-22(15-20(24)10-6-3-7-11-20)18(14-21)17-8-4-5-9-19(17)25-2/h4-5,8-9,18,24H,3,6-7,10-15H2,1-2H3/t18-/m0/s1. The van der Waals surface area contributed by atoms with Crippen LogP contribution in [0.15, 0.2) is 24.3 Å². The molecule has 1 aromatic carbocycles. The molecule has 1 aliphatic heterocycles. The van der Waals surface area contributed by atoms with Gasteiger partial charge in [0.05, 0.1) is 18.8 Å². The SMILES string of the molecule is COc1ccccc1[C@@H]1CN(C(C)=O)CCN1CC1(O)CCCCC1. The number of carbonyl (C=O) groups is 1. The van der Waals surface area contributed by atoms with Crippen molar-refractivity contribution >= 4 is 5.91 Å². The zero-order valence-electron chi connectivity index (χ0n) is 15.4. The van der Waals surface area contributed by atoms with Crippen LogP contribution in [-0.2, 0) is 4.79 Å². The molecule has 5 heteroatoms. The molecule has 2 aliphatic rings. The van der Waals surface area contributed by atoms with E-state index >= 15 is 0 Å². The summed E-state index contributed by atoms with van der Waals surface area (Å²) in [5, 5.41) is 11.0. The van der Waals surface area contributed by atoms with Crippen molar-refractivity contribution in [2.24, 2.45) is 0 Å². The van der Waals surface area contributed by atoms with Crippen LogP contribution in [0.4, 0.5) is 0 Å². The number of hydrogen-bond donors (Lipinski definition) is 1. The monoisotopic (exact) mass is 346 g/mol. The van der Waals surface area contributed by atoms with Crippen LogP contribution in [-0.4, -0.2) is 59.7 Å². The number of benzene rings is 1. The summed E-state index contributed by atoms with van der Waals surface area (Å²) in [6.45, 7) is 4.44. The molecule has 1 heterocycles. The lowest BCUT2D eigenvalue weighted by Gasteiger charge is -2.45. The van der Waals surface area contributed by atoms with Gasteiger partial charge in [-0.15, -0.1) is 0 Å². The normalized spacial score (nSPS) is 24.1. The average Bonchev–Trinajstić information content (AvgIpc) is 2.62. The van der Waals surface area contributed by atoms with Gasteiger partial charge in [-0.2, -0.15) is 0 Å². The third kappa shape index (κ3) is 4.15. The number of methoxy groups -OCH3 is 1. The van der Waals surface area contributed by atoms with Crippen molar-refractivity contribution in [2.45, 2.75) is 50.7 Å². The number of nitrogens with zero attached hydrogens (tertiary/aromatic N) is 2. The molecule has 0 radical (unpaired) electrons. The summed E-state index contributed by atoms with van der Waals surface area (Å²) in [7, 11) is 1.68. The van der Waals surface area contributed by atoms with E-state index in [-0.39, 0.29) is 11.9 Å². The predicted octanol–water partition coefficient (Wildman–Crippen LogP) is 2.60. The molecule has 3 rings (SSSR count). The fourth-order valence-corrected chi connectivity index (χ4v) is 4.28. The molecule has 0 bridgehead atoms. The van der Waals surface area contributed by atoms with E-state index in [0.29, 0.717) is 13.1 Å². The first-order valence-electron chi connectivity index (χ1n) is 9.37. The van der Waals surface area contributed by atoms with Crippen molar-refractivity contribution in [2.75, 3.05) is 33.3 Å². The quantitative estimate of drug-likeness (QED) is 0.910.